The van der Waals surface area contributed by atoms with Crippen molar-refractivity contribution < 1.29 is 4.39 Å². The first kappa shape index (κ1) is 16.8. The number of pyridine rings is 1. The van der Waals surface area contributed by atoms with Crippen LogP contribution in [0.25, 0.3) is 11.4 Å². The molecule has 0 unspecified atom stereocenters. The Morgan fingerprint density at radius 1 is 1.15 bits per heavy atom. The molecule has 0 aliphatic carbocycles. The summed E-state index contributed by atoms with van der Waals surface area (Å²) >= 11 is 0. The Labute approximate surface area is 151 Å². The van der Waals surface area contributed by atoms with Gasteiger partial charge in [-0.2, -0.15) is 4.80 Å². The summed E-state index contributed by atoms with van der Waals surface area (Å²) in [5, 5.41) is 12.8. The normalized spacial score (nSPS) is 18.1. The maximum Gasteiger partial charge on any atom is 0.206 e. The highest BCUT2D eigenvalue weighted by molar-refractivity contribution is 5.51. The van der Waals surface area contributed by atoms with Crippen LogP contribution in [-0.4, -0.2) is 43.2 Å². The van der Waals surface area contributed by atoms with E-state index in [9.17, 15) is 4.39 Å². The largest absolute Gasteiger partial charge is 0.299 e. The van der Waals surface area contributed by atoms with Crippen LogP contribution in [0.1, 0.15) is 18.4 Å². The smallest absolute Gasteiger partial charge is 0.206 e. The average Bonchev–Trinajstić information content (AvgIpc) is 3.13. The molecule has 1 saturated heterocycles. The molecule has 0 N–H and O–H groups in total. The van der Waals surface area contributed by atoms with Gasteiger partial charge in [-0.15, -0.1) is 10.2 Å². The summed E-state index contributed by atoms with van der Waals surface area (Å²) in [4.78, 5) is 8.07. The molecule has 0 bridgehead atoms. The van der Waals surface area contributed by atoms with Gasteiger partial charge in [0.15, 0.2) is 0 Å². The number of nitrogens with zero attached hydrogens (tertiary/aromatic N) is 6. The van der Waals surface area contributed by atoms with Crippen molar-refractivity contribution >= 4 is 0 Å². The highest BCUT2D eigenvalue weighted by Gasteiger charge is 2.22. The van der Waals surface area contributed by atoms with Gasteiger partial charge in [-0.1, -0.05) is 18.2 Å². The van der Waals surface area contributed by atoms with Crippen LogP contribution in [0, 0.1) is 11.7 Å². The van der Waals surface area contributed by atoms with Crippen molar-refractivity contribution in [3.8, 4) is 11.4 Å². The third-order valence-corrected chi connectivity index (χ3v) is 4.75. The first-order chi connectivity index (χ1) is 12.8. The standard InChI is InChI=1S/C19H21FN6/c20-18-8-2-1-6-17(18)14-25-10-4-5-15(12-25)13-26-23-19(22-24-26)16-7-3-9-21-11-16/h1-3,6-9,11,15H,4-5,10,12-14H2/t15-/m0/s1. The van der Waals surface area contributed by atoms with Crippen molar-refractivity contribution in [3.63, 3.8) is 0 Å². The van der Waals surface area contributed by atoms with Crippen molar-refractivity contribution in [2.24, 2.45) is 5.92 Å². The summed E-state index contributed by atoms with van der Waals surface area (Å²) in [6.07, 6.45) is 5.68. The van der Waals surface area contributed by atoms with Crippen LogP contribution >= 0.6 is 0 Å². The minimum atomic E-state index is -0.131. The van der Waals surface area contributed by atoms with Gasteiger partial charge in [-0.25, -0.2) is 4.39 Å². The lowest BCUT2D eigenvalue weighted by Gasteiger charge is -2.32. The third-order valence-electron chi connectivity index (χ3n) is 4.75. The van der Waals surface area contributed by atoms with E-state index in [-0.39, 0.29) is 5.82 Å². The maximum atomic E-state index is 13.9. The number of likely N-dealkylation sites (tertiary alicyclic amines) is 1. The summed E-state index contributed by atoms with van der Waals surface area (Å²) in [7, 11) is 0. The SMILES string of the molecule is Fc1ccccc1CN1CCC[C@H](Cn2nnc(-c3cccnc3)n2)C1. The van der Waals surface area contributed by atoms with Crippen molar-refractivity contribution in [3.05, 3.63) is 60.2 Å². The second-order valence-corrected chi connectivity index (χ2v) is 6.74. The van der Waals surface area contributed by atoms with E-state index >= 15 is 0 Å². The van der Waals surface area contributed by atoms with Gasteiger partial charge in [0.1, 0.15) is 5.82 Å². The van der Waals surface area contributed by atoms with E-state index in [1.807, 2.05) is 24.3 Å². The van der Waals surface area contributed by atoms with E-state index in [0.29, 0.717) is 18.3 Å². The van der Waals surface area contributed by atoms with Gasteiger partial charge in [0.2, 0.25) is 5.82 Å². The Kier molecular flexibility index (Phi) is 4.97. The predicted molar refractivity (Wildman–Crippen MR) is 95.4 cm³/mol. The molecule has 26 heavy (non-hydrogen) atoms. The molecule has 0 radical (unpaired) electrons. The van der Waals surface area contributed by atoms with Gasteiger partial charge in [0.05, 0.1) is 6.54 Å². The lowest BCUT2D eigenvalue weighted by molar-refractivity contribution is 0.148. The van der Waals surface area contributed by atoms with Gasteiger partial charge >= 0.3 is 0 Å². The molecule has 1 aliphatic heterocycles. The van der Waals surface area contributed by atoms with Crippen LogP contribution in [0.3, 0.4) is 0 Å². The highest BCUT2D eigenvalue weighted by Crippen LogP contribution is 2.21. The summed E-state index contributed by atoms with van der Waals surface area (Å²) in [5.74, 6) is 0.900. The zero-order valence-corrected chi connectivity index (χ0v) is 14.5. The summed E-state index contributed by atoms with van der Waals surface area (Å²) < 4.78 is 13.9. The minimum Gasteiger partial charge on any atom is -0.299 e. The van der Waals surface area contributed by atoms with Gasteiger partial charge in [0, 0.05) is 36.6 Å². The maximum absolute atomic E-state index is 13.9. The zero-order valence-electron chi connectivity index (χ0n) is 14.5. The Balaban J connectivity index is 1.38. The number of hydrogen-bond donors (Lipinski definition) is 0. The zero-order chi connectivity index (χ0) is 17.8. The molecule has 3 aromatic rings. The predicted octanol–water partition coefficient (Wildman–Crippen LogP) is 2.79. The number of piperidine rings is 1. The van der Waals surface area contributed by atoms with Crippen molar-refractivity contribution in [2.45, 2.75) is 25.9 Å². The molecule has 0 spiro atoms. The second kappa shape index (κ2) is 7.70. The van der Waals surface area contributed by atoms with E-state index < -0.39 is 0 Å². The number of tetrazole rings is 1. The summed E-state index contributed by atoms with van der Waals surface area (Å²) in [6, 6.07) is 10.8. The van der Waals surface area contributed by atoms with E-state index in [2.05, 4.69) is 25.3 Å². The Hall–Kier alpha value is -2.67. The molecular formula is C19H21FN6. The topological polar surface area (TPSA) is 59.7 Å². The lowest BCUT2D eigenvalue weighted by Crippen LogP contribution is -2.37. The molecule has 134 valence electrons. The fourth-order valence-corrected chi connectivity index (χ4v) is 3.47. The molecule has 4 rings (SSSR count). The fourth-order valence-electron chi connectivity index (χ4n) is 3.47. The average molecular weight is 352 g/mol. The van der Waals surface area contributed by atoms with Crippen LogP contribution < -0.4 is 0 Å². The molecule has 7 heteroatoms. The number of benzene rings is 1. The van der Waals surface area contributed by atoms with E-state index in [1.165, 1.54) is 6.07 Å². The molecule has 3 heterocycles. The van der Waals surface area contributed by atoms with Crippen LogP contribution in [0.2, 0.25) is 0 Å². The Morgan fingerprint density at radius 3 is 2.92 bits per heavy atom. The summed E-state index contributed by atoms with van der Waals surface area (Å²) in [5.41, 5.74) is 1.62. The molecule has 1 aromatic carbocycles. The second-order valence-electron chi connectivity index (χ2n) is 6.74. The quantitative estimate of drug-likeness (QED) is 0.707. The van der Waals surface area contributed by atoms with Crippen LogP contribution in [0.15, 0.2) is 48.8 Å². The van der Waals surface area contributed by atoms with Gasteiger partial charge in [-0.3, -0.25) is 9.88 Å². The molecule has 2 aromatic heterocycles. The van der Waals surface area contributed by atoms with E-state index in [1.54, 1.807) is 23.3 Å². The van der Waals surface area contributed by atoms with Crippen molar-refractivity contribution in [2.75, 3.05) is 13.1 Å². The number of rotatable bonds is 5. The lowest BCUT2D eigenvalue weighted by atomic mass is 9.97. The molecule has 0 saturated carbocycles. The monoisotopic (exact) mass is 352 g/mol. The summed E-state index contributed by atoms with van der Waals surface area (Å²) in [6.45, 7) is 3.28. The Morgan fingerprint density at radius 2 is 2.08 bits per heavy atom. The molecule has 1 atom stereocenters. The first-order valence-corrected chi connectivity index (χ1v) is 8.92. The molecule has 1 aliphatic rings. The van der Waals surface area contributed by atoms with Crippen LogP contribution in [0.5, 0.6) is 0 Å². The van der Waals surface area contributed by atoms with Gasteiger partial charge < -0.3 is 0 Å². The fraction of sp³-hybridized carbons (Fsp3) is 0.368. The highest BCUT2D eigenvalue weighted by atomic mass is 19.1. The van der Waals surface area contributed by atoms with Gasteiger partial charge in [0.25, 0.3) is 0 Å². The number of hydrogen-bond acceptors (Lipinski definition) is 5. The third kappa shape index (κ3) is 3.94. The minimum absolute atomic E-state index is 0.131. The molecule has 6 nitrogen and oxygen atoms in total. The number of aromatic nitrogens is 5. The van der Waals surface area contributed by atoms with Crippen molar-refractivity contribution in [1.82, 2.24) is 30.1 Å². The molecule has 1 fully saturated rings. The van der Waals surface area contributed by atoms with Crippen LogP contribution in [0.4, 0.5) is 4.39 Å². The molecular weight excluding hydrogens is 331 g/mol. The van der Waals surface area contributed by atoms with E-state index in [0.717, 1.165) is 43.6 Å². The van der Waals surface area contributed by atoms with Gasteiger partial charge in [-0.05, 0) is 48.7 Å². The van der Waals surface area contributed by atoms with Crippen LogP contribution in [-0.2, 0) is 13.1 Å². The van der Waals surface area contributed by atoms with E-state index in [4.69, 9.17) is 0 Å². The number of halogens is 1. The molecule has 0 amide bonds. The Bertz CT molecular complexity index is 850. The first-order valence-electron chi connectivity index (χ1n) is 8.92. The van der Waals surface area contributed by atoms with Crippen molar-refractivity contribution in [1.29, 1.82) is 0 Å².